The molecule has 8 nitrogen and oxygen atoms in total. The quantitative estimate of drug-likeness (QED) is 0.285. The molecule has 1 aliphatic rings. The van der Waals surface area contributed by atoms with E-state index in [1.165, 1.54) is 12.2 Å². The van der Waals surface area contributed by atoms with E-state index in [-0.39, 0.29) is 23.8 Å². The summed E-state index contributed by atoms with van der Waals surface area (Å²) in [5, 5.41) is 0. The first-order valence-corrected chi connectivity index (χ1v) is 10.2. The molecule has 3 rings (SSSR count). The number of rotatable bonds is 6. The van der Waals surface area contributed by atoms with E-state index in [9.17, 15) is 19.2 Å². The number of hydrogen-bond acceptors (Lipinski definition) is 8. The lowest BCUT2D eigenvalue weighted by Gasteiger charge is -2.25. The number of nitrogens with zero attached hydrogens (tertiary/aromatic N) is 2. The van der Waals surface area contributed by atoms with Crippen molar-refractivity contribution in [3.05, 3.63) is 47.5 Å². The van der Waals surface area contributed by atoms with Crippen LogP contribution < -0.4 is 9.47 Å². The molecule has 0 N–H and O–H groups in total. The second kappa shape index (κ2) is 10.4. The van der Waals surface area contributed by atoms with Gasteiger partial charge in [0, 0.05) is 0 Å². The van der Waals surface area contributed by atoms with E-state index >= 15 is 0 Å². The minimum Gasteiger partial charge on any atom is -0.426 e. The number of esters is 2. The molecular formula is C24H22N2O6. The summed E-state index contributed by atoms with van der Waals surface area (Å²) in [7, 11) is 0. The van der Waals surface area contributed by atoms with E-state index < -0.39 is 0 Å². The monoisotopic (exact) mass is 434 g/mol. The molecule has 1 aliphatic carbocycles. The van der Waals surface area contributed by atoms with Crippen molar-refractivity contribution in [1.82, 2.24) is 0 Å². The molecule has 0 atom stereocenters. The number of carbonyl (C=O) groups is 2. The maximum absolute atomic E-state index is 12.5. The van der Waals surface area contributed by atoms with Gasteiger partial charge < -0.3 is 9.47 Å². The van der Waals surface area contributed by atoms with Crippen molar-refractivity contribution in [2.75, 3.05) is 0 Å². The summed E-state index contributed by atoms with van der Waals surface area (Å²) < 4.78 is 10.9. The van der Waals surface area contributed by atoms with Crippen LogP contribution >= 0.6 is 0 Å². The fourth-order valence-electron chi connectivity index (χ4n) is 3.70. The zero-order valence-corrected chi connectivity index (χ0v) is 17.8. The van der Waals surface area contributed by atoms with Crippen LogP contribution in [0.1, 0.15) is 36.8 Å². The summed E-state index contributed by atoms with van der Waals surface area (Å²) >= 11 is 0. The lowest BCUT2D eigenvalue weighted by molar-refractivity contribution is -0.145. The highest BCUT2D eigenvalue weighted by Crippen LogP contribution is 2.32. The zero-order valence-electron chi connectivity index (χ0n) is 17.8. The molecule has 32 heavy (non-hydrogen) atoms. The third-order valence-electron chi connectivity index (χ3n) is 5.50. The minimum atomic E-state index is -0.343. The van der Waals surface area contributed by atoms with Gasteiger partial charge in [0.1, 0.15) is 11.5 Å². The normalized spacial score (nSPS) is 17.4. The van der Waals surface area contributed by atoms with Gasteiger partial charge in [-0.25, -0.2) is 9.59 Å². The first kappa shape index (κ1) is 22.8. The second-order valence-electron chi connectivity index (χ2n) is 7.69. The fraction of sp³-hybridized carbons (Fsp3) is 0.333. The number of isocyanates is 2. The van der Waals surface area contributed by atoms with Gasteiger partial charge in [0.25, 0.3) is 0 Å². The topological polar surface area (TPSA) is 111 Å². The molecule has 0 aromatic heterocycles. The summed E-state index contributed by atoms with van der Waals surface area (Å²) in [5.74, 6) is -0.507. The van der Waals surface area contributed by atoms with Gasteiger partial charge in [-0.2, -0.15) is 9.98 Å². The number of aryl methyl sites for hydroxylation is 2. The minimum absolute atomic E-state index is 0.297. The van der Waals surface area contributed by atoms with Crippen LogP contribution in [0.15, 0.2) is 46.4 Å². The highest BCUT2D eigenvalue weighted by molar-refractivity contribution is 5.78. The Morgan fingerprint density at radius 2 is 1.12 bits per heavy atom. The Hall–Kier alpha value is -3.86. The van der Waals surface area contributed by atoms with Crippen molar-refractivity contribution >= 4 is 35.5 Å². The van der Waals surface area contributed by atoms with Crippen LogP contribution in [0, 0.1) is 25.7 Å². The molecule has 2 aromatic carbocycles. The van der Waals surface area contributed by atoms with Crippen molar-refractivity contribution in [1.29, 1.82) is 0 Å². The third-order valence-corrected chi connectivity index (χ3v) is 5.50. The number of aliphatic imine (C=N–C) groups is 2. The molecule has 1 fully saturated rings. The number of benzene rings is 2. The standard InChI is InChI=1S/C24H22N2O6/c1-15-11-19(7-9-21(15)25-13-27)31-23(29)17-3-5-18(6-4-17)24(30)32-20-8-10-22(26-14-28)16(2)12-20/h7-12,17-18H,3-6H2,1-2H3. The van der Waals surface area contributed by atoms with Crippen LogP contribution in [0.3, 0.4) is 0 Å². The van der Waals surface area contributed by atoms with E-state index in [1.54, 1.807) is 50.2 Å². The Kier molecular flexibility index (Phi) is 7.45. The van der Waals surface area contributed by atoms with Gasteiger partial charge in [-0.15, -0.1) is 0 Å². The van der Waals surface area contributed by atoms with Crippen LogP contribution in [0.5, 0.6) is 11.5 Å². The molecule has 2 aromatic rings. The molecule has 0 bridgehead atoms. The Labute approximate surface area is 185 Å². The number of ether oxygens (including phenoxy) is 2. The van der Waals surface area contributed by atoms with E-state index in [1.807, 2.05) is 0 Å². The van der Waals surface area contributed by atoms with Gasteiger partial charge in [0.2, 0.25) is 12.2 Å². The largest absolute Gasteiger partial charge is 0.426 e. The molecule has 0 unspecified atom stereocenters. The maximum Gasteiger partial charge on any atom is 0.314 e. The van der Waals surface area contributed by atoms with Gasteiger partial charge in [-0.05, 0) is 87.1 Å². The zero-order chi connectivity index (χ0) is 23.1. The van der Waals surface area contributed by atoms with Gasteiger partial charge in [0.05, 0.1) is 23.2 Å². The van der Waals surface area contributed by atoms with Crippen LogP contribution in [-0.4, -0.2) is 24.1 Å². The summed E-state index contributed by atoms with van der Waals surface area (Å²) in [6, 6.07) is 9.63. The predicted octanol–water partition coefficient (Wildman–Crippen LogP) is 4.56. The highest BCUT2D eigenvalue weighted by atomic mass is 16.5. The number of hydrogen-bond donors (Lipinski definition) is 0. The van der Waals surface area contributed by atoms with Gasteiger partial charge in [-0.1, -0.05) is 0 Å². The predicted molar refractivity (Wildman–Crippen MR) is 115 cm³/mol. The lowest BCUT2D eigenvalue weighted by atomic mass is 9.82. The smallest absolute Gasteiger partial charge is 0.314 e. The first-order chi connectivity index (χ1) is 15.4. The molecule has 164 valence electrons. The van der Waals surface area contributed by atoms with Crippen LogP contribution in [0.4, 0.5) is 11.4 Å². The highest BCUT2D eigenvalue weighted by Gasteiger charge is 2.32. The molecule has 1 saturated carbocycles. The van der Waals surface area contributed by atoms with Gasteiger partial charge in [0.15, 0.2) is 0 Å². The average Bonchev–Trinajstić information content (AvgIpc) is 2.78. The SMILES string of the molecule is Cc1cc(OC(=O)C2CCC(C(=O)Oc3ccc(N=C=O)c(C)c3)CC2)ccc1N=C=O. The number of carbonyl (C=O) groups excluding carboxylic acids is 4. The summed E-state index contributed by atoms with van der Waals surface area (Å²) in [5.41, 5.74) is 2.35. The van der Waals surface area contributed by atoms with Crippen LogP contribution in [0.2, 0.25) is 0 Å². The van der Waals surface area contributed by atoms with Gasteiger partial charge in [-0.3, -0.25) is 9.59 Å². The lowest BCUT2D eigenvalue weighted by Crippen LogP contribution is -2.30. The van der Waals surface area contributed by atoms with Crippen molar-refractivity contribution in [3.8, 4) is 11.5 Å². The molecule has 8 heteroatoms. The second-order valence-corrected chi connectivity index (χ2v) is 7.69. The molecule has 0 saturated heterocycles. The molecule has 0 radical (unpaired) electrons. The fourth-order valence-corrected chi connectivity index (χ4v) is 3.70. The summed E-state index contributed by atoms with van der Waals surface area (Å²) in [6.07, 6.45) is 5.07. The van der Waals surface area contributed by atoms with Crippen LogP contribution in [-0.2, 0) is 19.2 Å². The van der Waals surface area contributed by atoms with E-state index in [2.05, 4.69) is 9.98 Å². The molecular weight excluding hydrogens is 412 g/mol. The Morgan fingerprint density at radius 3 is 1.44 bits per heavy atom. The average molecular weight is 434 g/mol. The molecule has 0 aliphatic heterocycles. The molecule has 0 heterocycles. The van der Waals surface area contributed by atoms with E-state index in [0.717, 1.165) is 0 Å². The summed E-state index contributed by atoms with van der Waals surface area (Å²) in [4.78, 5) is 53.0. The van der Waals surface area contributed by atoms with Crippen molar-refractivity contribution in [3.63, 3.8) is 0 Å². The van der Waals surface area contributed by atoms with Crippen molar-refractivity contribution in [2.45, 2.75) is 39.5 Å². The maximum atomic E-state index is 12.5. The third kappa shape index (κ3) is 5.64. The Morgan fingerprint density at radius 1 is 0.750 bits per heavy atom. The molecule has 0 amide bonds. The summed E-state index contributed by atoms with van der Waals surface area (Å²) in [6.45, 7) is 3.52. The van der Waals surface area contributed by atoms with E-state index in [4.69, 9.17) is 9.47 Å². The Bertz CT molecular complexity index is 1030. The van der Waals surface area contributed by atoms with Crippen molar-refractivity contribution in [2.24, 2.45) is 21.8 Å². The molecule has 0 spiro atoms. The Balaban J connectivity index is 1.53. The van der Waals surface area contributed by atoms with E-state index in [0.29, 0.717) is 59.7 Å². The van der Waals surface area contributed by atoms with Crippen molar-refractivity contribution < 1.29 is 28.7 Å². The van der Waals surface area contributed by atoms with Crippen LogP contribution in [0.25, 0.3) is 0 Å². The van der Waals surface area contributed by atoms with Gasteiger partial charge >= 0.3 is 11.9 Å². The first-order valence-electron chi connectivity index (χ1n) is 10.2.